The second-order valence-corrected chi connectivity index (χ2v) is 7.61. The van der Waals surface area contributed by atoms with E-state index >= 15 is 0 Å². The molecule has 0 aliphatic heterocycles. The maximum Gasteiger partial charge on any atom is 0.323 e. The molecule has 28 heavy (non-hydrogen) atoms. The molecule has 0 aliphatic rings. The number of H-pyrrole nitrogens is 2. The molecule has 142 valence electrons. The van der Waals surface area contributed by atoms with Crippen molar-refractivity contribution in [3.8, 4) is 0 Å². The molecule has 4 N–H and O–H groups in total. The highest BCUT2D eigenvalue weighted by Gasteiger charge is 2.16. The molecule has 4 aromatic rings. The lowest BCUT2D eigenvalue weighted by Gasteiger charge is -2.18. The summed E-state index contributed by atoms with van der Waals surface area (Å²) in [7, 11) is 0. The van der Waals surface area contributed by atoms with Crippen LogP contribution in [0.5, 0.6) is 0 Å². The van der Waals surface area contributed by atoms with Crippen LogP contribution in [-0.4, -0.2) is 22.4 Å². The summed E-state index contributed by atoms with van der Waals surface area (Å²) in [6, 6.07) is 17.6. The first kappa shape index (κ1) is 18.2. The Morgan fingerprint density at radius 3 is 2.61 bits per heavy atom. The molecule has 1 amide bonds. The van der Waals surface area contributed by atoms with Crippen molar-refractivity contribution >= 4 is 34.0 Å². The van der Waals surface area contributed by atoms with Crippen molar-refractivity contribution in [3.63, 3.8) is 0 Å². The Morgan fingerprint density at radius 2 is 1.86 bits per heavy atom. The monoisotopic (exact) mass is 392 g/mol. The Kier molecular flexibility index (Phi) is 5.10. The van der Waals surface area contributed by atoms with Gasteiger partial charge in [0.05, 0.1) is 23.6 Å². The number of aromatic amines is 2. The number of nitrogens with one attached hydrogen (secondary N) is 4. The SMILES string of the molecule is Cc1ccc(C(NCC(=O)Nc2ccc3[nH]c(=O)[nH]c3c2)c2cccs2)cc1. The van der Waals surface area contributed by atoms with E-state index in [9.17, 15) is 9.59 Å². The second-order valence-electron chi connectivity index (χ2n) is 6.63. The van der Waals surface area contributed by atoms with Crippen molar-refractivity contribution in [2.24, 2.45) is 0 Å². The zero-order valence-electron chi connectivity index (χ0n) is 15.3. The Morgan fingerprint density at radius 1 is 1.07 bits per heavy atom. The summed E-state index contributed by atoms with van der Waals surface area (Å²) in [6.07, 6.45) is 0. The minimum absolute atomic E-state index is 0.0464. The van der Waals surface area contributed by atoms with E-state index in [0.717, 1.165) is 10.4 Å². The van der Waals surface area contributed by atoms with Crippen LogP contribution in [-0.2, 0) is 4.79 Å². The molecule has 4 rings (SSSR count). The Balaban J connectivity index is 1.46. The number of hydrogen-bond acceptors (Lipinski definition) is 4. The lowest BCUT2D eigenvalue weighted by atomic mass is 10.0. The van der Waals surface area contributed by atoms with Crippen molar-refractivity contribution in [1.29, 1.82) is 0 Å². The number of imidazole rings is 1. The molecule has 1 unspecified atom stereocenters. The fraction of sp³-hybridized carbons (Fsp3) is 0.143. The number of rotatable bonds is 6. The fourth-order valence-corrected chi connectivity index (χ4v) is 3.93. The zero-order valence-corrected chi connectivity index (χ0v) is 16.1. The first-order valence-corrected chi connectivity index (χ1v) is 9.82. The van der Waals surface area contributed by atoms with E-state index in [0.29, 0.717) is 16.7 Å². The molecule has 0 saturated heterocycles. The number of anilines is 1. The molecule has 0 radical (unpaired) electrons. The van der Waals surface area contributed by atoms with Gasteiger partial charge in [-0.25, -0.2) is 4.79 Å². The molecule has 0 saturated carbocycles. The Hall–Kier alpha value is -3.16. The Labute approximate surface area is 165 Å². The summed E-state index contributed by atoms with van der Waals surface area (Å²) >= 11 is 1.66. The van der Waals surface area contributed by atoms with Crippen LogP contribution in [0.2, 0.25) is 0 Å². The van der Waals surface area contributed by atoms with Gasteiger partial charge in [0.25, 0.3) is 0 Å². The highest BCUT2D eigenvalue weighted by Crippen LogP contribution is 2.26. The minimum Gasteiger partial charge on any atom is -0.325 e. The first-order valence-electron chi connectivity index (χ1n) is 8.94. The third kappa shape index (κ3) is 4.05. The van der Waals surface area contributed by atoms with Crippen LogP contribution in [0.25, 0.3) is 11.0 Å². The van der Waals surface area contributed by atoms with Crippen molar-refractivity contribution in [2.75, 3.05) is 11.9 Å². The van der Waals surface area contributed by atoms with Crippen LogP contribution in [0, 0.1) is 6.92 Å². The van der Waals surface area contributed by atoms with Crippen molar-refractivity contribution < 1.29 is 4.79 Å². The summed E-state index contributed by atoms with van der Waals surface area (Å²) in [5.74, 6) is -0.147. The second kappa shape index (κ2) is 7.84. The van der Waals surface area contributed by atoms with Gasteiger partial charge < -0.3 is 15.3 Å². The van der Waals surface area contributed by atoms with Gasteiger partial charge in [0.2, 0.25) is 5.91 Å². The van der Waals surface area contributed by atoms with E-state index in [2.05, 4.69) is 57.9 Å². The minimum atomic E-state index is -0.267. The van der Waals surface area contributed by atoms with Crippen LogP contribution >= 0.6 is 11.3 Å². The molecule has 6 nitrogen and oxygen atoms in total. The summed E-state index contributed by atoms with van der Waals surface area (Å²) in [4.78, 5) is 30.4. The number of fused-ring (bicyclic) bond motifs is 1. The molecule has 2 aromatic carbocycles. The summed E-state index contributed by atoms with van der Waals surface area (Å²) < 4.78 is 0. The number of carbonyl (C=O) groups is 1. The molecule has 0 spiro atoms. The van der Waals surface area contributed by atoms with E-state index in [1.165, 1.54) is 5.56 Å². The van der Waals surface area contributed by atoms with Crippen LogP contribution in [0.4, 0.5) is 5.69 Å². The van der Waals surface area contributed by atoms with Crippen molar-refractivity contribution in [3.05, 3.63) is 86.5 Å². The van der Waals surface area contributed by atoms with Gasteiger partial charge >= 0.3 is 5.69 Å². The number of aromatic nitrogens is 2. The summed E-state index contributed by atoms with van der Waals surface area (Å²) in [5, 5.41) is 8.26. The molecule has 7 heteroatoms. The number of benzene rings is 2. The molecular weight excluding hydrogens is 372 g/mol. The fourth-order valence-electron chi connectivity index (χ4n) is 3.11. The molecule has 2 aromatic heterocycles. The molecule has 2 heterocycles. The first-order chi connectivity index (χ1) is 13.6. The molecular formula is C21H20N4O2S. The van der Waals surface area contributed by atoms with Gasteiger partial charge in [0, 0.05) is 10.6 Å². The lowest BCUT2D eigenvalue weighted by Crippen LogP contribution is -2.31. The number of hydrogen-bond donors (Lipinski definition) is 4. The normalized spacial score (nSPS) is 12.2. The molecule has 0 bridgehead atoms. The molecule has 1 atom stereocenters. The van der Waals surface area contributed by atoms with Crippen molar-refractivity contribution in [2.45, 2.75) is 13.0 Å². The maximum atomic E-state index is 12.5. The number of aryl methyl sites for hydroxylation is 1. The quantitative estimate of drug-likeness (QED) is 0.405. The average Bonchev–Trinajstić information content (AvgIpc) is 3.32. The van der Waals surface area contributed by atoms with Crippen LogP contribution in [0.15, 0.2) is 64.8 Å². The topological polar surface area (TPSA) is 89.8 Å². The average molecular weight is 392 g/mol. The smallest absolute Gasteiger partial charge is 0.323 e. The van der Waals surface area contributed by atoms with Crippen LogP contribution in [0.3, 0.4) is 0 Å². The standard InChI is InChI=1S/C21H20N4O2S/c1-13-4-6-14(7-5-13)20(18-3-2-10-28-18)22-12-19(26)23-15-8-9-16-17(11-15)25-21(27)24-16/h2-11,20,22H,12H2,1H3,(H,23,26)(H2,24,25,27). The van der Waals surface area contributed by atoms with Crippen molar-refractivity contribution in [1.82, 2.24) is 15.3 Å². The third-order valence-corrected chi connectivity index (χ3v) is 5.44. The number of carbonyl (C=O) groups excluding carboxylic acids is 1. The van der Waals surface area contributed by atoms with Crippen LogP contribution < -0.4 is 16.3 Å². The number of amides is 1. The Bertz CT molecular complexity index is 1140. The largest absolute Gasteiger partial charge is 0.325 e. The van der Waals surface area contributed by atoms with E-state index in [1.807, 2.05) is 11.4 Å². The van der Waals surface area contributed by atoms with E-state index in [-0.39, 0.29) is 24.2 Å². The molecule has 0 fully saturated rings. The van der Waals surface area contributed by atoms with E-state index in [1.54, 1.807) is 29.5 Å². The third-order valence-electron chi connectivity index (χ3n) is 4.50. The maximum absolute atomic E-state index is 12.5. The zero-order chi connectivity index (χ0) is 19.5. The van der Waals surface area contributed by atoms with Gasteiger partial charge in [-0.2, -0.15) is 0 Å². The lowest BCUT2D eigenvalue weighted by molar-refractivity contribution is -0.115. The van der Waals surface area contributed by atoms with Gasteiger partial charge in [-0.05, 0) is 42.1 Å². The summed E-state index contributed by atoms with van der Waals surface area (Å²) in [6.45, 7) is 2.22. The summed E-state index contributed by atoms with van der Waals surface area (Å²) in [5.41, 5.74) is 4.05. The number of thiophene rings is 1. The van der Waals surface area contributed by atoms with Gasteiger partial charge in [-0.3, -0.25) is 10.1 Å². The predicted octanol–water partition coefficient (Wildman–Crippen LogP) is 3.54. The highest BCUT2D eigenvalue weighted by molar-refractivity contribution is 7.10. The molecule has 0 aliphatic carbocycles. The van der Waals surface area contributed by atoms with Crippen LogP contribution in [0.1, 0.15) is 22.0 Å². The van der Waals surface area contributed by atoms with Gasteiger partial charge in [0.15, 0.2) is 0 Å². The van der Waals surface area contributed by atoms with Gasteiger partial charge in [-0.1, -0.05) is 35.9 Å². The highest BCUT2D eigenvalue weighted by atomic mass is 32.1. The van der Waals surface area contributed by atoms with E-state index < -0.39 is 0 Å². The van der Waals surface area contributed by atoms with Gasteiger partial charge in [-0.15, -0.1) is 11.3 Å². The van der Waals surface area contributed by atoms with Gasteiger partial charge in [0.1, 0.15) is 0 Å². The predicted molar refractivity (Wildman–Crippen MR) is 113 cm³/mol. The van der Waals surface area contributed by atoms with E-state index in [4.69, 9.17) is 0 Å².